The van der Waals surface area contributed by atoms with Crippen LogP contribution in [0.15, 0.2) is 24.3 Å². The Morgan fingerprint density at radius 2 is 1.94 bits per heavy atom. The molecule has 1 atom stereocenters. The zero-order chi connectivity index (χ0) is 13.6. The van der Waals surface area contributed by atoms with E-state index in [9.17, 15) is 18.3 Å². The summed E-state index contributed by atoms with van der Waals surface area (Å²) in [4.78, 5) is 0. The fourth-order valence-electron chi connectivity index (χ4n) is 2.56. The number of halogens is 3. The lowest BCUT2D eigenvalue weighted by molar-refractivity contribution is -0.274. The van der Waals surface area contributed by atoms with Gasteiger partial charge in [0.05, 0.1) is 6.61 Å². The lowest BCUT2D eigenvalue weighted by atomic mass is 9.88. The van der Waals surface area contributed by atoms with E-state index in [0.29, 0.717) is 5.56 Å². The summed E-state index contributed by atoms with van der Waals surface area (Å²) in [5.74, 6) is -0.240. The molecule has 2 rings (SSSR count). The Labute approximate surface area is 103 Å². The van der Waals surface area contributed by atoms with Crippen molar-refractivity contribution < 1.29 is 23.0 Å². The van der Waals surface area contributed by atoms with Crippen LogP contribution in [0.5, 0.6) is 5.75 Å². The van der Waals surface area contributed by atoms with Crippen molar-refractivity contribution in [3.05, 3.63) is 29.8 Å². The van der Waals surface area contributed by atoms with Crippen molar-refractivity contribution in [3.8, 4) is 5.75 Å². The van der Waals surface area contributed by atoms with Gasteiger partial charge in [-0.05, 0) is 29.5 Å². The number of ether oxygens (including phenoxy) is 1. The maximum absolute atomic E-state index is 12.1. The summed E-state index contributed by atoms with van der Waals surface area (Å²) in [6, 6.07) is 5.87. The largest absolute Gasteiger partial charge is 0.573 e. The van der Waals surface area contributed by atoms with Crippen molar-refractivity contribution in [3.63, 3.8) is 0 Å². The lowest BCUT2D eigenvalue weighted by Gasteiger charge is -2.19. The van der Waals surface area contributed by atoms with E-state index in [1.165, 1.54) is 18.2 Å². The van der Waals surface area contributed by atoms with Crippen molar-refractivity contribution in [2.75, 3.05) is 6.61 Å². The molecule has 1 aliphatic rings. The van der Waals surface area contributed by atoms with Crippen LogP contribution >= 0.6 is 0 Å². The minimum atomic E-state index is -4.69. The predicted octanol–water partition coefficient (Wildman–Crippen LogP) is 3.25. The molecule has 0 aliphatic heterocycles. The molecule has 1 N–H and O–H groups in total. The highest BCUT2D eigenvalue weighted by Crippen LogP contribution is 2.64. The van der Waals surface area contributed by atoms with Crippen molar-refractivity contribution in [1.82, 2.24) is 0 Å². The van der Waals surface area contributed by atoms with E-state index in [2.05, 4.69) is 4.74 Å². The number of hydrogen-bond acceptors (Lipinski definition) is 2. The van der Waals surface area contributed by atoms with Crippen molar-refractivity contribution in [2.24, 2.45) is 5.41 Å². The molecule has 0 bridgehead atoms. The Morgan fingerprint density at radius 1 is 1.33 bits per heavy atom. The molecule has 0 amide bonds. The molecule has 1 fully saturated rings. The third-order valence-electron chi connectivity index (χ3n) is 3.80. The van der Waals surface area contributed by atoms with E-state index in [0.717, 1.165) is 6.42 Å². The van der Waals surface area contributed by atoms with Gasteiger partial charge in [-0.25, -0.2) is 0 Å². The Kier molecular flexibility index (Phi) is 2.85. The molecular weight excluding hydrogens is 245 g/mol. The first-order valence-corrected chi connectivity index (χ1v) is 5.67. The van der Waals surface area contributed by atoms with Gasteiger partial charge in [-0.15, -0.1) is 13.2 Å². The van der Waals surface area contributed by atoms with Gasteiger partial charge in [0.1, 0.15) is 5.75 Å². The van der Waals surface area contributed by atoms with Crippen molar-refractivity contribution in [1.29, 1.82) is 0 Å². The molecule has 0 radical (unpaired) electrons. The van der Waals surface area contributed by atoms with E-state index in [1.807, 2.05) is 13.8 Å². The molecule has 0 heterocycles. The van der Waals surface area contributed by atoms with Crippen LogP contribution in [0.3, 0.4) is 0 Å². The summed E-state index contributed by atoms with van der Waals surface area (Å²) in [7, 11) is 0. The molecular formula is C13H15F3O2. The first kappa shape index (κ1) is 13.2. The Balaban J connectivity index is 2.29. The summed E-state index contributed by atoms with van der Waals surface area (Å²) < 4.78 is 40.3. The fourth-order valence-corrected chi connectivity index (χ4v) is 2.56. The minimum absolute atomic E-state index is 0.0739. The molecule has 18 heavy (non-hydrogen) atoms. The summed E-state index contributed by atoms with van der Waals surface area (Å²) in [6.07, 6.45) is -3.93. The highest BCUT2D eigenvalue weighted by atomic mass is 19.4. The average Bonchev–Trinajstić information content (AvgIpc) is 2.80. The van der Waals surface area contributed by atoms with Gasteiger partial charge in [0.2, 0.25) is 0 Å². The Bertz CT molecular complexity index is 454. The second-order valence-corrected chi connectivity index (χ2v) is 5.38. The maximum Gasteiger partial charge on any atom is 0.573 e. The summed E-state index contributed by atoms with van der Waals surface area (Å²) in [5, 5.41) is 9.51. The quantitative estimate of drug-likeness (QED) is 0.904. The van der Waals surface area contributed by atoms with Gasteiger partial charge in [-0.2, -0.15) is 0 Å². The van der Waals surface area contributed by atoms with Crippen LogP contribution in [0.4, 0.5) is 13.2 Å². The van der Waals surface area contributed by atoms with Gasteiger partial charge < -0.3 is 9.84 Å². The van der Waals surface area contributed by atoms with Crippen LogP contribution in [-0.2, 0) is 5.41 Å². The lowest BCUT2D eigenvalue weighted by Crippen LogP contribution is -2.20. The van der Waals surface area contributed by atoms with E-state index < -0.39 is 11.8 Å². The van der Waals surface area contributed by atoms with Gasteiger partial charge in [0.15, 0.2) is 0 Å². The van der Waals surface area contributed by atoms with E-state index in [4.69, 9.17) is 0 Å². The zero-order valence-corrected chi connectivity index (χ0v) is 10.2. The number of alkyl halides is 3. The van der Waals surface area contributed by atoms with Crippen LogP contribution in [0.25, 0.3) is 0 Å². The van der Waals surface area contributed by atoms with Crippen LogP contribution in [0.1, 0.15) is 25.8 Å². The van der Waals surface area contributed by atoms with Gasteiger partial charge in [0.25, 0.3) is 0 Å². The molecule has 1 aromatic rings. The van der Waals surface area contributed by atoms with Crippen LogP contribution in [0.2, 0.25) is 0 Å². The summed E-state index contributed by atoms with van der Waals surface area (Å²) >= 11 is 0. The maximum atomic E-state index is 12.1. The number of aliphatic hydroxyl groups is 1. The standard InChI is InChI=1S/C13H15F3O2/c1-11(2)7-12(11,8-17)9-4-3-5-10(6-9)18-13(14,15)16/h3-6,17H,7-8H2,1-2H3. The monoisotopic (exact) mass is 260 g/mol. The summed E-state index contributed by atoms with van der Waals surface area (Å²) in [5.41, 5.74) is 0.146. The van der Waals surface area contributed by atoms with Crippen molar-refractivity contribution in [2.45, 2.75) is 32.0 Å². The SMILES string of the molecule is CC1(C)CC1(CO)c1cccc(OC(F)(F)F)c1. The van der Waals surface area contributed by atoms with Crippen molar-refractivity contribution >= 4 is 0 Å². The molecule has 2 nitrogen and oxygen atoms in total. The zero-order valence-electron chi connectivity index (χ0n) is 10.2. The van der Waals surface area contributed by atoms with Gasteiger partial charge >= 0.3 is 6.36 Å². The average molecular weight is 260 g/mol. The molecule has 1 saturated carbocycles. The topological polar surface area (TPSA) is 29.5 Å². The molecule has 5 heteroatoms. The molecule has 100 valence electrons. The predicted molar refractivity (Wildman–Crippen MR) is 60.3 cm³/mol. The third-order valence-corrected chi connectivity index (χ3v) is 3.80. The summed E-state index contributed by atoms with van der Waals surface area (Å²) in [6.45, 7) is 3.90. The third kappa shape index (κ3) is 2.19. The van der Waals surface area contributed by atoms with E-state index in [-0.39, 0.29) is 17.8 Å². The smallest absolute Gasteiger partial charge is 0.406 e. The minimum Gasteiger partial charge on any atom is -0.406 e. The molecule has 0 saturated heterocycles. The number of benzene rings is 1. The van der Waals surface area contributed by atoms with Crippen LogP contribution < -0.4 is 4.74 Å². The highest BCUT2D eigenvalue weighted by Gasteiger charge is 2.61. The first-order valence-electron chi connectivity index (χ1n) is 5.67. The first-order chi connectivity index (χ1) is 8.20. The highest BCUT2D eigenvalue weighted by molar-refractivity contribution is 5.41. The molecule has 1 aromatic carbocycles. The van der Waals surface area contributed by atoms with Gasteiger partial charge in [0, 0.05) is 5.41 Å². The van der Waals surface area contributed by atoms with Gasteiger partial charge in [-0.3, -0.25) is 0 Å². The molecule has 1 aliphatic carbocycles. The second-order valence-electron chi connectivity index (χ2n) is 5.38. The Morgan fingerprint density at radius 3 is 2.39 bits per heavy atom. The van der Waals surface area contributed by atoms with Crippen LogP contribution in [-0.4, -0.2) is 18.1 Å². The van der Waals surface area contributed by atoms with Gasteiger partial charge in [-0.1, -0.05) is 26.0 Å². The molecule has 0 spiro atoms. The normalized spacial score (nSPS) is 25.9. The van der Waals surface area contributed by atoms with E-state index in [1.54, 1.807) is 6.07 Å². The molecule has 0 aromatic heterocycles. The fraction of sp³-hybridized carbons (Fsp3) is 0.538. The second kappa shape index (κ2) is 3.88. The number of hydrogen-bond donors (Lipinski definition) is 1. The Hall–Kier alpha value is -1.23. The van der Waals surface area contributed by atoms with E-state index >= 15 is 0 Å². The molecule has 1 unspecified atom stereocenters. The number of rotatable bonds is 3. The van der Waals surface area contributed by atoms with Crippen LogP contribution in [0, 0.1) is 5.41 Å². The number of aliphatic hydroxyl groups excluding tert-OH is 1.